The number of halogens is 3. The van der Waals surface area contributed by atoms with Gasteiger partial charge in [0.1, 0.15) is 12.2 Å². The number of aryl methyl sites for hydroxylation is 1. The van der Waals surface area contributed by atoms with Crippen molar-refractivity contribution in [2.75, 3.05) is 51.0 Å². The number of piperazine rings is 1. The van der Waals surface area contributed by atoms with Crippen molar-refractivity contribution in [2.24, 2.45) is 0 Å². The van der Waals surface area contributed by atoms with E-state index in [0.29, 0.717) is 48.7 Å². The van der Waals surface area contributed by atoms with Crippen LogP contribution in [0.1, 0.15) is 18.4 Å². The van der Waals surface area contributed by atoms with E-state index in [4.69, 9.17) is 4.74 Å². The van der Waals surface area contributed by atoms with E-state index < -0.39 is 39.4 Å². The monoisotopic (exact) mass is 547 g/mol. The summed E-state index contributed by atoms with van der Waals surface area (Å²) in [5.41, 5.74) is -0.803. The summed E-state index contributed by atoms with van der Waals surface area (Å²) in [5.74, 6) is 0. The fourth-order valence-electron chi connectivity index (χ4n) is 4.39. The number of nitrogens with one attached hydrogen (secondary N) is 2. The summed E-state index contributed by atoms with van der Waals surface area (Å²) >= 11 is 0.551. The maximum Gasteiger partial charge on any atom is 0.335 e. The van der Waals surface area contributed by atoms with Crippen molar-refractivity contribution in [1.29, 1.82) is 0 Å². The molecule has 16 heteroatoms. The molecule has 36 heavy (non-hydrogen) atoms. The summed E-state index contributed by atoms with van der Waals surface area (Å²) < 4.78 is 76.9. The van der Waals surface area contributed by atoms with Gasteiger partial charge in [0.05, 0.1) is 34.8 Å². The normalized spacial score (nSPS) is 18.2. The zero-order chi connectivity index (χ0) is 25.7. The minimum absolute atomic E-state index is 0.103. The predicted octanol–water partition coefficient (Wildman–Crippen LogP) is 1.03. The van der Waals surface area contributed by atoms with Gasteiger partial charge in [-0.25, -0.2) is 31.0 Å². The summed E-state index contributed by atoms with van der Waals surface area (Å²) in [6, 6.07) is 2.74. The lowest BCUT2D eigenvalue weighted by Gasteiger charge is -2.39. The molecule has 0 spiro atoms. The fourth-order valence-corrected chi connectivity index (χ4v) is 6.49. The van der Waals surface area contributed by atoms with Crippen LogP contribution in [-0.2, 0) is 21.3 Å². The molecular weight excluding hydrogens is 523 g/mol. The Morgan fingerprint density at radius 3 is 2.53 bits per heavy atom. The molecule has 0 atom stereocenters. The summed E-state index contributed by atoms with van der Waals surface area (Å²) in [4.78, 5) is 15.2. The lowest BCUT2D eigenvalue weighted by atomic mass is 10.0. The predicted molar refractivity (Wildman–Crippen MR) is 127 cm³/mol. The Morgan fingerprint density at radius 2 is 1.97 bits per heavy atom. The zero-order valence-corrected chi connectivity index (χ0v) is 20.8. The number of fused-ring (bicyclic) bond motifs is 1. The second-order valence-electron chi connectivity index (χ2n) is 8.65. The van der Waals surface area contributed by atoms with E-state index in [-0.39, 0.29) is 35.3 Å². The van der Waals surface area contributed by atoms with Crippen LogP contribution >= 0.6 is 11.3 Å². The van der Waals surface area contributed by atoms with Gasteiger partial charge in [-0.15, -0.1) is 10.2 Å². The second kappa shape index (κ2) is 9.41. The molecule has 5 rings (SSSR count). The van der Waals surface area contributed by atoms with E-state index in [9.17, 15) is 26.4 Å². The number of imidazole rings is 1. The number of hydrogen-bond donors (Lipinski definition) is 2. The molecule has 3 aromatic rings. The number of benzene rings is 1. The molecule has 2 fully saturated rings. The average Bonchev–Trinajstić information content (AvgIpc) is 3.43. The van der Waals surface area contributed by atoms with E-state index in [1.165, 1.54) is 16.7 Å². The van der Waals surface area contributed by atoms with E-state index in [1.54, 1.807) is 6.92 Å². The standard InChI is InChI=1S/C20H24F3N7O4S2/c1-2-29-15-13(28-5-3-24-4-6-28)7-12(36(32,33)27-20(9-21)10-34-11-20)8-14(15)30(19(29)31)18-26-25-17(35-18)16(22)23/h7-8,16,24,27H,2-6,9-11H2,1H3. The molecular formula is C20H24F3N7O4S2. The molecule has 2 aromatic heterocycles. The van der Waals surface area contributed by atoms with Gasteiger partial charge in [-0.05, 0) is 19.1 Å². The largest absolute Gasteiger partial charge is 0.377 e. The van der Waals surface area contributed by atoms with Crippen molar-refractivity contribution in [3.63, 3.8) is 0 Å². The molecule has 196 valence electrons. The van der Waals surface area contributed by atoms with E-state index in [0.717, 1.165) is 4.57 Å². The second-order valence-corrected chi connectivity index (χ2v) is 11.3. The lowest BCUT2D eigenvalue weighted by Crippen LogP contribution is -2.63. The third-order valence-corrected chi connectivity index (χ3v) is 8.71. The van der Waals surface area contributed by atoms with Crippen LogP contribution in [0.5, 0.6) is 0 Å². The zero-order valence-electron chi connectivity index (χ0n) is 19.2. The van der Waals surface area contributed by atoms with Gasteiger partial charge in [0, 0.05) is 32.7 Å². The van der Waals surface area contributed by atoms with Gasteiger partial charge in [-0.3, -0.25) is 4.57 Å². The smallest absolute Gasteiger partial charge is 0.335 e. The number of anilines is 1. The van der Waals surface area contributed by atoms with Gasteiger partial charge in [-0.2, -0.15) is 4.72 Å². The number of nitrogens with zero attached hydrogens (tertiary/aromatic N) is 5. The first-order chi connectivity index (χ1) is 17.2. The van der Waals surface area contributed by atoms with Crippen LogP contribution in [0.3, 0.4) is 0 Å². The highest BCUT2D eigenvalue weighted by Gasteiger charge is 2.43. The first-order valence-corrected chi connectivity index (χ1v) is 13.5. The summed E-state index contributed by atoms with van der Waals surface area (Å²) in [6.45, 7) is 3.23. The van der Waals surface area contributed by atoms with Crippen molar-refractivity contribution in [2.45, 2.75) is 30.3 Å². The van der Waals surface area contributed by atoms with Crippen LogP contribution in [-0.4, -0.2) is 79.4 Å². The molecule has 4 heterocycles. The first kappa shape index (κ1) is 25.1. The highest BCUT2D eigenvalue weighted by molar-refractivity contribution is 7.89. The molecule has 2 saturated heterocycles. The van der Waals surface area contributed by atoms with Crippen LogP contribution < -0.4 is 20.6 Å². The molecule has 0 aliphatic carbocycles. The molecule has 0 amide bonds. The summed E-state index contributed by atoms with van der Waals surface area (Å²) in [6.07, 6.45) is -2.87. The van der Waals surface area contributed by atoms with Crippen LogP contribution in [0.4, 0.5) is 18.9 Å². The maximum atomic E-state index is 13.7. The molecule has 2 aliphatic heterocycles. The van der Waals surface area contributed by atoms with Crippen molar-refractivity contribution in [3.8, 4) is 5.13 Å². The van der Waals surface area contributed by atoms with Crippen LogP contribution in [0.2, 0.25) is 0 Å². The Kier molecular flexibility index (Phi) is 6.57. The Bertz CT molecular complexity index is 1440. The maximum absolute atomic E-state index is 13.7. The Labute approximate surface area is 207 Å². The van der Waals surface area contributed by atoms with Gasteiger partial charge < -0.3 is 15.0 Å². The van der Waals surface area contributed by atoms with Gasteiger partial charge in [0.2, 0.25) is 15.2 Å². The molecule has 0 radical (unpaired) electrons. The number of alkyl halides is 3. The average molecular weight is 548 g/mol. The Balaban J connectivity index is 1.76. The van der Waals surface area contributed by atoms with Crippen molar-refractivity contribution in [3.05, 3.63) is 27.6 Å². The van der Waals surface area contributed by atoms with Crippen LogP contribution in [0.25, 0.3) is 16.2 Å². The highest BCUT2D eigenvalue weighted by atomic mass is 32.2. The third-order valence-electron chi connectivity index (χ3n) is 6.23. The molecule has 1 aromatic carbocycles. The van der Waals surface area contributed by atoms with Gasteiger partial charge in [0.15, 0.2) is 5.01 Å². The van der Waals surface area contributed by atoms with Crippen molar-refractivity contribution >= 4 is 38.1 Å². The molecule has 11 nitrogen and oxygen atoms in total. The number of sulfonamides is 1. The number of hydrogen-bond acceptors (Lipinski definition) is 9. The SMILES string of the molecule is CCn1c(=O)n(-c2nnc(C(F)F)s2)c2cc(S(=O)(=O)NC3(CF)COC3)cc(N3CCNCC3)c21. The first-order valence-electron chi connectivity index (χ1n) is 11.2. The molecule has 0 saturated carbocycles. The summed E-state index contributed by atoms with van der Waals surface area (Å²) in [5, 5.41) is 9.83. The van der Waals surface area contributed by atoms with Gasteiger partial charge in [-0.1, -0.05) is 11.3 Å². The Hall–Kier alpha value is -2.53. The van der Waals surface area contributed by atoms with Crippen molar-refractivity contribution < 1.29 is 26.3 Å². The van der Waals surface area contributed by atoms with Gasteiger partial charge >= 0.3 is 5.69 Å². The van der Waals surface area contributed by atoms with Crippen LogP contribution in [0.15, 0.2) is 21.8 Å². The van der Waals surface area contributed by atoms with Gasteiger partial charge in [0.25, 0.3) is 6.43 Å². The minimum Gasteiger partial charge on any atom is -0.377 e. The Morgan fingerprint density at radius 1 is 1.25 bits per heavy atom. The molecule has 2 N–H and O–H groups in total. The fraction of sp³-hybridized carbons (Fsp3) is 0.550. The molecule has 0 unspecified atom stereocenters. The molecule has 2 aliphatic rings. The quantitative estimate of drug-likeness (QED) is 0.429. The summed E-state index contributed by atoms with van der Waals surface area (Å²) in [7, 11) is -4.25. The van der Waals surface area contributed by atoms with E-state index in [1.807, 2.05) is 4.90 Å². The molecule has 0 bridgehead atoms. The minimum atomic E-state index is -4.25. The van der Waals surface area contributed by atoms with Crippen LogP contribution in [0, 0.1) is 0 Å². The van der Waals surface area contributed by atoms with Crippen molar-refractivity contribution in [1.82, 2.24) is 29.4 Å². The van der Waals surface area contributed by atoms with E-state index >= 15 is 0 Å². The topological polar surface area (TPSA) is 123 Å². The third kappa shape index (κ3) is 4.19. The number of rotatable bonds is 8. The number of aromatic nitrogens is 4. The number of ether oxygens (including phenoxy) is 1. The van der Waals surface area contributed by atoms with E-state index in [2.05, 4.69) is 20.2 Å². The highest BCUT2D eigenvalue weighted by Crippen LogP contribution is 2.34. The lowest BCUT2D eigenvalue weighted by molar-refractivity contribution is -0.0725.